The van der Waals surface area contributed by atoms with Gasteiger partial charge in [0.1, 0.15) is 41.0 Å². The molecule has 1 spiro atoms. The van der Waals surface area contributed by atoms with Crippen molar-refractivity contribution in [2.45, 2.75) is 76.2 Å². The minimum Gasteiger partial charge on any atom is -0.479 e. The lowest BCUT2D eigenvalue weighted by Crippen LogP contribution is -2.37. The van der Waals surface area contributed by atoms with Gasteiger partial charge in [0.25, 0.3) is 0 Å². The number of thiophene rings is 3. The van der Waals surface area contributed by atoms with Crippen LogP contribution in [0.4, 0.5) is 0 Å². The molecule has 42 heavy (non-hydrogen) atoms. The van der Waals surface area contributed by atoms with Gasteiger partial charge in [-0.2, -0.15) is 21.0 Å². The molecular formula is C34H26N4OS3. The lowest BCUT2D eigenvalue weighted by atomic mass is 9.78. The van der Waals surface area contributed by atoms with Gasteiger partial charge >= 0.3 is 0 Å². The molecule has 3 aromatic heterocycles. The first-order chi connectivity index (χ1) is 20.6. The van der Waals surface area contributed by atoms with E-state index in [0.29, 0.717) is 0 Å². The van der Waals surface area contributed by atoms with Crippen molar-refractivity contribution in [3.63, 3.8) is 0 Å². The van der Waals surface area contributed by atoms with Crippen LogP contribution in [0.1, 0.15) is 85.9 Å². The Bertz CT molecular complexity index is 1910. The summed E-state index contributed by atoms with van der Waals surface area (Å²) in [6, 6.07) is 12.9. The van der Waals surface area contributed by atoms with E-state index >= 15 is 0 Å². The first-order valence-corrected chi connectivity index (χ1v) is 16.9. The van der Waals surface area contributed by atoms with E-state index in [2.05, 4.69) is 48.6 Å². The van der Waals surface area contributed by atoms with E-state index in [9.17, 15) is 21.0 Å². The Hall–Kier alpha value is -3.92. The lowest BCUT2D eigenvalue weighted by Gasteiger charge is -2.40. The molecule has 7 rings (SSSR count). The number of hydrogen-bond donors (Lipinski definition) is 0. The highest BCUT2D eigenvalue weighted by atomic mass is 32.1. The van der Waals surface area contributed by atoms with Gasteiger partial charge in [0, 0.05) is 15.3 Å². The third-order valence-electron chi connectivity index (χ3n) is 8.91. The van der Waals surface area contributed by atoms with Crippen molar-refractivity contribution < 1.29 is 4.74 Å². The van der Waals surface area contributed by atoms with E-state index in [1.165, 1.54) is 52.0 Å². The van der Waals surface area contributed by atoms with Crippen molar-refractivity contribution in [2.24, 2.45) is 0 Å². The minimum absolute atomic E-state index is 0.221. The van der Waals surface area contributed by atoms with Crippen LogP contribution in [-0.4, -0.2) is 0 Å². The molecule has 1 fully saturated rings. The van der Waals surface area contributed by atoms with Crippen molar-refractivity contribution >= 4 is 54.6 Å². The van der Waals surface area contributed by atoms with E-state index in [-0.39, 0.29) is 16.7 Å². The number of hydrogen-bond acceptors (Lipinski definition) is 8. The van der Waals surface area contributed by atoms with E-state index in [4.69, 9.17) is 4.74 Å². The zero-order chi connectivity index (χ0) is 28.8. The van der Waals surface area contributed by atoms with Crippen LogP contribution >= 0.6 is 34.0 Å². The first-order valence-electron chi connectivity index (χ1n) is 14.5. The molecule has 0 radical (unpaired) electrons. The summed E-state index contributed by atoms with van der Waals surface area (Å²) in [6.45, 7) is 0. The van der Waals surface area contributed by atoms with E-state index in [1.807, 2.05) is 11.3 Å². The highest BCUT2D eigenvalue weighted by molar-refractivity contribution is 7.32. The van der Waals surface area contributed by atoms with E-state index in [1.54, 1.807) is 22.7 Å². The molecule has 0 atom stereocenters. The number of ether oxygens (including phenoxy) is 1. The molecule has 0 saturated heterocycles. The van der Waals surface area contributed by atoms with Gasteiger partial charge in [0.15, 0.2) is 5.75 Å². The first kappa shape index (κ1) is 26.9. The van der Waals surface area contributed by atoms with E-state index < -0.39 is 0 Å². The maximum absolute atomic E-state index is 9.45. The topological polar surface area (TPSA) is 104 Å². The Labute approximate surface area is 257 Å². The van der Waals surface area contributed by atoms with Crippen LogP contribution in [-0.2, 0) is 5.60 Å². The van der Waals surface area contributed by atoms with Crippen molar-refractivity contribution in [1.29, 1.82) is 21.0 Å². The fourth-order valence-electron chi connectivity index (χ4n) is 6.84. The molecule has 206 valence electrons. The molecule has 0 bridgehead atoms. The fraction of sp³-hybridized carbons (Fsp3) is 0.353. The Morgan fingerprint density at radius 2 is 1.26 bits per heavy atom. The summed E-state index contributed by atoms with van der Waals surface area (Å²) in [4.78, 5) is 4.95. The Balaban J connectivity index is 1.34. The van der Waals surface area contributed by atoms with Crippen molar-refractivity contribution in [3.05, 3.63) is 61.9 Å². The van der Waals surface area contributed by atoms with Crippen LogP contribution in [0.3, 0.4) is 0 Å². The zero-order valence-electron chi connectivity index (χ0n) is 23.0. The second kappa shape index (κ2) is 10.7. The minimum atomic E-state index is -0.319. The maximum Gasteiger partial charge on any atom is 0.157 e. The van der Waals surface area contributed by atoms with Crippen LogP contribution in [0.2, 0.25) is 0 Å². The molecule has 0 amide bonds. The van der Waals surface area contributed by atoms with Gasteiger partial charge in [-0.1, -0.05) is 18.6 Å². The van der Waals surface area contributed by atoms with Gasteiger partial charge in [-0.15, -0.1) is 34.0 Å². The van der Waals surface area contributed by atoms with Crippen LogP contribution in [0, 0.1) is 45.3 Å². The molecule has 0 aromatic carbocycles. The molecule has 4 aliphatic rings. The summed E-state index contributed by atoms with van der Waals surface area (Å²) in [7, 11) is 0. The number of nitrogens with zero attached hydrogens (tertiary/aromatic N) is 4. The van der Waals surface area contributed by atoms with Gasteiger partial charge in [0.2, 0.25) is 0 Å². The second-order valence-corrected chi connectivity index (χ2v) is 14.5. The molecule has 0 N–H and O–H groups in total. The van der Waals surface area contributed by atoms with Gasteiger partial charge in [-0.3, -0.25) is 0 Å². The number of nitriles is 4. The van der Waals surface area contributed by atoms with Crippen LogP contribution in [0.25, 0.3) is 30.3 Å². The summed E-state index contributed by atoms with van der Waals surface area (Å²) in [5, 5.41) is 37.7. The maximum atomic E-state index is 9.45. The largest absolute Gasteiger partial charge is 0.479 e. The molecule has 4 heterocycles. The summed E-state index contributed by atoms with van der Waals surface area (Å²) in [5.74, 6) is 1.02. The van der Waals surface area contributed by atoms with Crippen molar-refractivity contribution in [1.82, 2.24) is 0 Å². The van der Waals surface area contributed by atoms with Gasteiger partial charge < -0.3 is 4.74 Å². The number of fused-ring (bicyclic) bond motifs is 6. The number of rotatable bonds is 2. The average molecular weight is 603 g/mol. The van der Waals surface area contributed by atoms with Gasteiger partial charge in [0.05, 0.1) is 19.2 Å². The van der Waals surface area contributed by atoms with Gasteiger partial charge in [-0.25, -0.2) is 0 Å². The Morgan fingerprint density at radius 1 is 0.667 bits per heavy atom. The summed E-state index contributed by atoms with van der Waals surface area (Å²) in [6.07, 6.45) is 15.0. The normalized spacial score (nSPS) is 18.9. The smallest absolute Gasteiger partial charge is 0.157 e. The van der Waals surface area contributed by atoms with Crippen molar-refractivity contribution in [3.8, 4) is 39.8 Å². The van der Waals surface area contributed by atoms with Crippen molar-refractivity contribution in [2.75, 3.05) is 0 Å². The summed E-state index contributed by atoms with van der Waals surface area (Å²) >= 11 is 5.41. The van der Waals surface area contributed by atoms with Gasteiger partial charge in [-0.05, 0) is 98.6 Å². The van der Waals surface area contributed by atoms with Crippen LogP contribution in [0.15, 0.2) is 46.6 Å². The molecule has 3 aromatic rings. The molecule has 1 saturated carbocycles. The quantitative estimate of drug-likeness (QED) is 0.271. The third kappa shape index (κ3) is 4.35. The SMILES string of the molecule is N#CC(C#N)=C1C=C(c2cc3c(s2)-c2sc4cc(C5=CC(=C(C#N)C#N)CCC5)sc4c2OC32CCCCC2)CCC1. The van der Waals surface area contributed by atoms with Crippen LogP contribution in [0.5, 0.6) is 5.75 Å². The number of allylic oxidation sites excluding steroid dienone is 8. The predicted octanol–water partition coefficient (Wildman–Crippen LogP) is 10.1. The molecular weight excluding hydrogens is 577 g/mol. The molecule has 1 aliphatic heterocycles. The fourth-order valence-corrected chi connectivity index (χ4v) is 10.8. The third-order valence-corrected chi connectivity index (χ3v) is 12.7. The average Bonchev–Trinajstić information content (AvgIpc) is 3.74. The highest BCUT2D eigenvalue weighted by Crippen LogP contribution is 2.61. The molecule has 8 heteroatoms. The summed E-state index contributed by atoms with van der Waals surface area (Å²) < 4.78 is 9.55. The standard InChI is InChI=1S/C34H26N4OS3/c35-16-24(17-36)20-6-4-8-22(12-20)27-14-26-31(40-27)33-30(39-34(26)10-2-1-3-11-34)32-29(42-33)15-28(41-32)23-9-5-7-21(13-23)25(18-37)19-38/h12-15H,1-11H2. The zero-order valence-corrected chi connectivity index (χ0v) is 25.5. The molecule has 0 unspecified atom stereocenters. The Morgan fingerprint density at radius 3 is 1.86 bits per heavy atom. The predicted molar refractivity (Wildman–Crippen MR) is 169 cm³/mol. The highest BCUT2D eigenvalue weighted by Gasteiger charge is 2.45. The summed E-state index contributed by atoms with van der Waals surface area (Å²) in [5.41, 5.74) is 5.56. The monoisotopic (exact) mass is 602 g/mol. The Kier molecular flexibility index (Phi) is 6.88. The second-order valence-electron chi connectivity index (χ2n) is 11.4. The molecule has 5 nitrogen and oxygen atoms in total. The van der Waals surface area contributed by atoms with Crippen LogP contribution < -0.4 is 4.74 Å². The molecule has 3 aliphatic carbocycles. The van der Waals surface area contributed by atoms with E-state index in [0.717, 1.165) is 81.1 Å². The lowest BCUT2D eigenvalue weighted by molar-refractivity contribution is 0.0267.